The molecule has 0 aliphatic carbocycles. The molecule has 1 N–H and O–H groups in total. The maximum atomic E-state index is 12.9. The van der Waals surface area contributed by atoms with Crippen molar-refractivity contribution in [3.05, 3.63) is 53.1 Å². The number of amides is 1. The number of piperazine rings is 1. The van der Waals surface area contributed by atoms with Crippen molar-refractivity contribution in [2.75, 3.05) is 53.5 Å². The summed E-state index contributed by atoms with van der Waals surface area (Å²) in [6.45, 7) is 11.3. The van der Waals surface area contributed by atoms with Crippen molar-refractivity contribution in [3.63, 3.8) is 0 Å². The zero-order valence-electron chi connectivity index (χ0n) is 19.3. The molecule has 0 bridgehead atoms. The van der Waals surface area contributed by atoms with Crippen molar-refractivity contribution in [3.8, 4) is 0 Å². The van der Waals surface area contributed by atoms with Crippen molar-refractivity contribution >= 4 is 33.0 Å². The number of carbonyl (C=O) groups excluding carboxylic acids is 1. The molecule has 4 rings (SSSR count). The summed E-state index contributed by atoms with van der Waals surface area (Å²) in [5.41, 5.74) is 5.08. The summed E-state index contributed by atoms with van der Waals surface area (Å²) in [6, 6.07) is 11.3. The van der Waals surface area contributed by atoms with Gasteiger partial charge < -0.3 is 15.1 Å². The molecule has 1 unspecified atom stereocenters. The number of hydrogen-bond acceptors (Lipinski definition) is 5. The highest BCUT2D eigenvalue weighted by Crippen LogP contribution is 2.35. The molecule has 1 saturated heterocycles. The maximum Gasteiger partial charge on any atom is 0.255 e. The van der Waals surface area contributed by atoms with Crippen LogP contribution >= 0.6 is 0 Å². The highest BCUT2D eigenvalue weighted by atomic mass is 32.2. The van der Waals surface area contributed by atoms with E-state index in [9.17, 15) is 13.2 Å². The molecule has 1 amide bonds. The molecule has 0 radical (unpaired) electrons. The molecule has 2 aromatic carbocycles. The lowest BCUT2D eigenvalue weighted by Crippen LogP contribution is -2.46. The quantitative estimate of drug-likeness (QED) is 0.749. The van der Waals surface area contributed by atoms with E-state index in [1.54, 1.807) is 12.1 Å². The van der Waals surface area contributed by atoms with Gasteiger partial charge in [0.2, 0.25) is 10.0 Å². The summed E-state index contributed by atoms with van der Waals surface area (Å²) in [7, 11) is -3.34. The molecule has 7 nitrogen and oxygen atoms in total. The van der Waals surface area contributed by atoms with E-state index in [1.165, 1.54) is 16.2 Å². The Kier molecular flexibility index (Phi) is 6.18. The molecule has 32 heavy (non-hydrogen) atoms. The van der Waals surface area contributed by atoms with Crippen molar-refractivity contribution in [2.45, 2.75) is 33.2 Å². The molecule has 2 aromatic rings. The minimum Gasteiger partial charge on any atom is -0.369 e. The van der Waals surface area contributed by atoms with Gasteiger partial charge in [-0.15, -0.1) is 0 Å². The number of fused-ring (bicyclic) bond motifs is 1. The van der Waals surface area contributed by atoms with Gasteiger partial charge in [-0.2, -0.15) is 0 Å². The monoisotopic (exact) mass is 456 g/mol. The largest absolute Gasteiger partial charge is 0.369 e. The van der Waals surface area contributed by atoms with E-state index in [2.05, 4.69) is 34.2 Å². The van der Waals surface area contributed by atoms with Crippen LogP contribution in [0.3, 0.4) is 0 Å². The van der Waals surface area contributed by atoms with Crippen LogP contribution in [0.5, 0.6) is 0 Å². The fourth-order valence-electron chi connectivity index (χ4n) is 4.75. The Bertz CT molecular complexity index is 1120. The van der Waals surface area contributed by atoms with Crippen molar-refractivity contribution < 1.29 is 13.2 Å². The second-order valence-electron chi connectivity index (χ2n) is 8.83. The smallest absolute Gasteiger partial charge is 0.255 e. The summed E-state index contributed by atoms with van der Waals surface area (Å²) in [4.78, 5) is 17.8. The Labute approximate surface area is 191 Å². The van der Waals surface area contributed by atoms with Crippen LogP contribution in [0.1, 0.15) is 35.3 Å². The summed E-state index contributed by atoms with van der Waals surface area (Å²) in [5, 5.41) is 3.02. The number of rotatable bonds is 5. The zero-order valence-corrected chi connectivity index (χ0v) is 20.1. The summed E-state index contributed by atoms with van der Waals surface area (Å²) in [5.74, 6) is -0.189. The first kappa shape index (κ1) is 22.6. The maximum absolute atomic E-state index is 12.9. The fourth-order valence-corrected chi connectivity index (χ4v) is 6.01. The van der Waals surface area contributed by atoms with E-state index < -0.39 is 10.0 Å². The lowest BCUT2D eigenvalue weighted by atomic mass is 10.1. The number of benzene rings is 2. The van der Waals surface area contributed by atoms with Gasteiger partial charge in [-0.05, 0) is 74.3 Å². The summed E-state index contributed by atoms with van der Waals surface area (Å²) >= 11 is 0. The van der Waals surface area contributed by atoms with Gasteiger partial charge in [0.15, 0.2) is 0 Å². The van der Waals surface area contributed by atoms with Gasteiger partial charge in [0.05, 0.1) is 11.9 Å². The van der Waals surface area contributed by atoms with Crippen LogP contribution in [0, 0.1) is 6.92 Å². The number of aryl methyl sites for hydroxylation is 1. The first-order valence-electron chi connectivity index (χ1n) is 11.2. The Balaban J connectivity index is 1.47. The number of anilines is 3. The highest BCUT2D eigenvalue weighted by molar-refractivity contribution is 7.92. The molecule has 2 heterocycles. The molecule has 2 aliphatic rings. The molecule has 2 aliphatic heterocycles. The number of nitrogens with one attached hydrogen (secondary N) is 1. The van der Waals surface area contributed by atoms with E-state index in [0.717, 1.165) is 49.5 Å². The first-order chi connectivity index (χ1) is 15.2. The number of sulfonamides is 1. The zero-order chi connectivity index (χ0) is 23.0. The van der Waals surface area contributed by atoms with Crippen LogP contribution in [0.15, 0.2) is 36.4 Å². The van der Waals surface area contributed by atoms with Gasteiger partial charge in [0, 0.05) is 49.2 Å². The van der Waals surface area contributed by atoms with Crippen molar-refractivity contribution in [1.29, 1.82) is 0 Å². The second kappa shape index (κ2) is 8.75. The van der Waals surface area contributed by atoms with Gasteiger partial charge in [-0.1, -0.05) is 6.92 Å². The molecule has 8 heteroatoms. The molecular formula is C24H32N4O3S. The standard InChI is InChI=1S/C24H32N4O3S/c1-5-26-10-12-27(13-11-26)21-7-8-22(17(2)14-21)25-24(29)19-6-9-23-20(16-19)15-18(3)28(23)32(4,30)31/h6-9,14,16,18H,5,10-13,15H2,1-4H3,(H,25,29). The van der Waals surface area contributed by atoms with E-state index >= 15 is 0 Å². The minimum atomic E-state index is -3.34. The molecule has 0 spiro atoms. The molecular weight excluding hydrogens is 424 g/mol. The van der Waals surface area contributed by atoms with E-state index in [-0.39, 0.29) is 11.9 Å². The lowest BCUT2D eigenvalue weighted by molar-refractivity contribution is 0.102. The highest BCUT2D eigenvalue weighted by Gasteiger charge is 2.32. The predicted molar refractivity (Wildman–Crippen MR) is 130 cm³/mol. The third-order valence-electron chi connectivity index (χ3n) is 6.49. The van der Waals surface area contributed by atoms with Gasteiger partial charge in [0.25, 0.3) is 5.91 Å². The number of likely N-dealkylation sites (N-methyl/N-ethyl adjacent to an activating group) is 1. The molecule has 0 saturated carbocycles. The van der Waals surface area contributed by atoms with Crippen LogP contribution in [0.2, 0.25) is 0 Å². The topological polar surface area (TPSA) is 73.0 Å². The van der Waals surface area contributed by atoms with Crippen LogP contribution < -0.4 is 14.5 Å². The van der Waals surface area contributed by atoms with Crippen molar-refractivity contribution in [1.82, 2.24) is 4.90 Å². The summed E-state index contributed by atoms with van der Waals surface area (Å²) < 4.78 is 25.7. The average molecular weight is 457 g/mol. The normalized spacial score (nSPS) is 19.2. The third kappa shape index (κ3) is 4.47. The molecule has 172 valence electrons. The summed E-state index contributed by atoms with van der Waals surface area (Å²) in [6.07, 6.45) is 1.82. The second-order valence-corrected chi connectivity index (χ2v) is 10.7. The Hall–Kier alpha value is -2.58. The first-order valence-corrected chi connectivity index (χ1v) is 13.0. The van der Waals surface area contributed by atoms with Crippen LogP contribution in [0.25, 0.3) is 0 Å². The third-order valence-corrected chi connectivity index (χ3v) is 7.77. The van der Waals surface area contributed by atoms with Crippen LogP contribution in [-0.4, -0.2) is 64.2 Å². The molecule has 1 atom stereocenters. The number of carbonyl (C=O) groups is 1. The van der Waals surface area contributed by atoms with Gasteiger partial charge in [0.1, 0.15) is 0 Å². The number of nitrogens with zero attached hydrogens (tertiary/aromatic N) is 3. The fraction of sp³-hybridized carbons (Fsp3) is 0.458. The van der Waals surface area contributed by atoms with E-state index in [1.807, 2.05) is 26.0 Å². The van der Waals surface area contributed by atoms with Gasteiger partial charge in [-0.3, -0.25) is 9.10 Å². The van der Waals surface area contributed by atoms with E-state index in [0.29, 0.717) is 17.7 Å². The van der Waals surface area contributed by atoms with Crippen LogP contribution in [-0.2, 0) is 16.4 Å². The Morgan fingerprint density at radius 1 is 1.09 bits per heavy atom. The van der Waals surface area contributed by atoms with Gasteiger partial charge >= 0.3 is 0 Å². The van der Waals surface area contributed by atoms with Gasteiger partial charge in [-0.25, -0.2) is 8.42 Å². The van der Waals surface area contributed by atoms with Crippen molar-refractivity contribution in [2.24, 2.45) is 0 Å². The SMILES string of the molecule is CCN1CCN(c2ccc(NC(=O)c3ccc4c(c3)CC(C)N4S(C)(=O)=O)c(C)c2)CC1. The molecule has 1 fully saturated rings. The van der Waals surface area contributed by atoms with Crippen LogP contribution in [0.4, 0.5) is 17.1 Å². The minimum absolute atomic E-state index is 0.146. The number of hydrogen-bond donors (Lipinski definition) is 1. The Morgan fingerprint density at radius 3 is 2.44 bits per heavy atom. The average Bonchev–Trinajstić information content (AvgIpc) is 3.10. The van der Waals surface area contributed by atoms with E-state index in [4.69, 9.17) is 0 Å². The Morgan fingerprint density at radius 2 is 1.81 bits per heavy atom. The lowest BCUT2D eigenvalue weighted by Gasteiger charge is -2.35. The predicted octanol–water partition coefficient (Wildman–Crippen LogP) is 3.10. The molecule has 0 aromatic heterocycles.